The summed E-state index contributed by atoms with van der Waals surface area (Å²) < 4.78 is 5.48. The van der Waals surface area contributed by atoms with Gasteiger partial charge in [0.1, 0.15) is 0 Å². The molecule has 3 nitrogen and oxygen atoms in total. The van der Waals surface area contributed by atoms with Gasteiger partial charge in [-0.1, -0.05) is 20.3 Å². The summed E-state index contributed by atoms with van der Waals surface area (Å²) in [5, 5.41) is 0. The molecule has 2 unspecified atom stereocenters. The Morgan fingerprint density at radius 3 is 2.56 bits per heavy atom. The number of methoxy groups -OCH3 is 1. The Morgan fingerprint density at radius 2 is 2.12 bits per heavy atom. The summed E-state index contributed by atoms with van der Waals surface area (Å²) in [4.78, 5) is 2.61. The van der Waals surface area contributed by atoms with Gasteiger partial charge in [0.2, 0.25) is 0 Å². The maximum absolute atomic E-state index is 6.13. The quantitative estimate of drug-likeness (QED) is 0.794. The molecule has 1 saturated carbocycles. The molecule has 0 spiro atoms. The molecular weight excluding hydrogens is 200 g/mol. The number of likely N-dealkylation sites (tertiary alicyclic amines) is 1. The first-order chi connectivity index (χ1) is 7.55. The van der Waals surface area contributed by atoms with Gasteiger partial charge >= 0.3 is 0 Å². The summed E-state index contributed by atoms with van der Waals surface area (Å²) in [6.45, 7) is 7.77. The Kier molecular flexibility index (Phi) is 3.30. The van der Waals surface area contributed by atoms with Gasteiger partial charge in [-0.2, -0.15) is 0 Å². The molecule has 3 heteroatoms. The summed E-state index contributed by atoms with van der Waals surface area (Å²) in [6, 6.07) is 0. The lowest BCUT2D eigenvalue weighted by molar-refractivity contribution is 0.0156. The highest BCUT2D eigenvalue weighted by Crippen LogP contribution is 2.50. The van der Waals surface area contributed by atoms with Crippen LogP contribution >= 0.6 is 0 Å². The van der Waals surface area contributed by atoms with E-state index in [1.807, 2.05) is 7.11 Å². The van der Waals surface area contributed by atoms with Crippen molar-refractivity contribution in [3.05, 3.63) is 0 Å². The molecule has 2 N–H and O–H groups in total. The number of rotatable bonds is 3. The lowest BCUT2D eigenvalue weighted by Gasteiger charge is -2.48. The van der Waals surface area contributed by atoms with Crippen molar-refractivity contribution < 1.29 is 4.74 Å². The van der Waals surface area contributed by atoms with Gasteiger partial charge in [0.05, 0.1) is 6.10 Å². The van der Waals surface area contributed by atoms with Crippen LogP contribution in [0.3, 0.4) is 0 Å². The van der Waals surface area contributed by atoms with E-state index in [0.29, 0.717) is 11.5 Å². The molecule has 2 fully saturated rings. The molecule has 0 bridgehead atoms. The van der Waals surface area contributed by atoms with Crippen LogP contribution in [0.15, 0.2) is 0 Å². The molecule has 1 aliphatic carbocycles. The van der Waals surface area contributed by atoms with Crippen LogP contribution in [0.5, 0.6) is 0 Å². The third-order valence-electron chi connectivity index (χ3n) is 5.07. The van der Waals surface area contributed by atoms with Crippen LogP contribution in [0.25, 0.3) is 0 Å². The Balaban J connectivity index is 2.16. The second-order valence-corrected chi connectivity index (χ2v) is 6.07. The minimum Gasteiger partial charge on any atom is -0.380 e. The largest absolute Gasteiger partial charge is 0.380 e. The minimum atomic E-state index is 0.222. The third-order valence-corrected chi connectivity index (χ3v) is 5.07. The van der Waals surface area contributed by atoms with Crippen molar-refractivity contribution in [1.29, 1.82) is 0 Å². The van der Waals surface area contributed by atoms with Gasteiger partial charge in [-0.15, -0.1) is 0 Å². The molecule has 0 aromatic heterocycles. The van der Waals surface area contributed by atoms with E-state index in [9.17, 15) is 0 Å². The molecule has 2 aliphatic rings. The predicted octanol–water partition coefficient (Wildman–Crippen LogP) is 1.61. The van der Waals surface area contributed by atoms with Crippen molar-refractivity contribution in [2.24, 2.45) is 11.1 Å². The first kappa shape index (κ1) is 12.3. The molecule has 1 heterocycles. The molecule has 16 heavy (non-hydrogen) atoms. The normalized spacial score (nSPS) is 39.4. The van der Waals surface area contributed by atoms with E-state index in [1.54, 1.807) is 0 Å². The van der Waals surface area contributed by atoms with E-state index in [0.717, 1.165) is 26.1 Å². The first-order valence-electron chi connectivity index (χ1n) is 6.54. The SMILES string of the molecule is COC1CCN(C2(CN)CCCC2(C)C)C1. The van der Waals surface area contributed by atoms with Crippen molar-refractivity contribution in [2.75, 3.05) is 26.7 Å². The van der Waals surface area contributed by atoms with E-state index in [-0.39, 0.29) is 5.54 Å². The zero-order valence-electron chi connectivity index (χ0n) is 11.0. The highest BCUT2D eigenvalue weighted by Gasteiger charge is 2.52. The Labute approximate surface area is 99.3 Å². The smallest absolute Gasteiger partial charge is 0.0710 e. The van der Waals surface area contributed by atoms with Crippen molar-refractivity contribution in [3.8, 4) is 0 Å². The monoisotopic (exact) mass is 226 g/mol. The van der Waals surface area contributed by atoms with Gasteiger partial charge in [0, 0.05) is 32.3 Å². The second kappa shape index (κ2) is 4.28. The zero-order chi connectivity index (χ0) is 11.8. The lowest BCUT2D eigenvalue weighted by atomic mass is 9.73. The van der Waals surface area contributed by atoms with Crippen LogP contribution < -0.4 is 5.73 Å². The van der Waals surface area contributed by atoms with Crippen LogP contribution in [0, 0.1) is 5.41 Å². The molecular formula is C13H26N2O. The summed E-state index contributed by atoms with van der Waals surface area (Å²) in [7, 11) is 1.82. The van der Waals surface area contributed by atoms with Crippen molar-refractivity contribution >= 4 is 0 Å². The summed E-state index contributed by atoms with van der Waals surface area (Å²) in [5.41, 5.74) is 6.70. The first-order valence-corrected chi connectivity index (χ1v) is 6.54. The highest BCUT2D eigenvalue weighted by atomic mass is 16.5. The molecule has 2 atom stereocenters. The molecule has 1 aliphatic heterocycles. The number of hydrogen-bond acceptors (Lipinski definition) is 3. The van der Waals surface area contributed by atoms with Crippen LogP contribution in [0.1, 0.15) is 39.5 Å². The average Bonchev–Trinajstić information content (AvgIpc) is 2.82. The van der Waals surface area contributed by atoms with Gasteiger partial charge < -0.3 is 10.5 Å². The molecule has 1 saturated heterocycles. The van der Waals surface area contributed by atoms with E-state index in [2.05, 4.69) is 18.7 Å². The maximum Gasteiger partial charge on any atom is 0.0710 e. The number of hydrogen-bond donors (Lipinski definition) is 1. The van der Waals surface area contributed by atoms with E-state index in [1.165, 1.54) is 19.3 Å². The van der Waals surface area contributed by atoms with Crippen LogP contribution in [-0.4, -0.2) is 43.3 Å². The van der Waals surface area contributed by atoms with Crippen molar-refractivity contribution in [3.63, 3.8) is 0 Å². The van der Waals surface area contributed by atoms with Gasteiger partial charge in [0.25, 0.3) is 0 Å². The minimum absolute atomic E-state index is 0.222. The van der Waals surface area contributed by atoms with Gasteiger partial charge in [-0.05, 0) is 24.7 Å². The molecule has 0 aromatic carbocycles. The molecule has 2 rings (SSSR count). The van der Waals surface area contributed by atoms with E-state index >= 15 is 0 Å². The van der Waals surface area contributed by atoms with Crippen LogP contribution in [0.4, 0.5) is 0 Å². The third kappa shape index (κ3) is 1.69. The standard InChI is InChI=1S/C13H26N2O/c1-12(2)6-4-7-13(12,10-14)15-8-5-11(9-15)16-3/h11H,4-10,14H2,1-3H3. The van der Waals surface area contributed by atoms with Gasteiger partial charge in [-0.25, -0.2) is 0 Å². The molecule has 0 amide bonds. The van der Waals surface area contributed by atoms with Gasteiger partial charge in [0.15, 0.2) is 0 Å². The van der Waals surface area contributed by atoms with Crippen LogP contribution in [0.2, 0.25) is 0 Å². The molecule has 0 radical (unpaired) electrons. The number of nitrogens with zero attached hydrogens (tertiary/aromatic N) is 1. The Hall–Kier alpha value is -0.120. The fraction of sp³-hybridized carbons (Fsp3) is 1.00. The molecule has 0 aromatic rings. The molecule has 94 valence electrons. The van der Waals surface area contributed by atoms with Crippen molar-refractivity contribution in [2.45, 2.75) is 51.2 Å². The summed E-state index contributed by atoms with van der Waals surface area (Å²) in [6.07, 6.45) is 5.46. The highest BCUT2D eigenvalue weighted by molar-refractivity contribution is 5.08. The average molecular weight is 226 g/mol. The number of nitrogens with two attached hydrogens (primary N) is 1. The topological polar surface area (TPSA) is 38.5 Å². The van der Waals surface area contributed by atoms with Gasteiger partial charge in [-0.3, -0.25) is 4.90 Å². The second-order valence-electron chi connectivity index (χ2n) is 6.07. The Bertz CT molecular complexity index is 254. The summed E-state index contributed by atoms with van der Waals surface area (Å²) >= 11 is 0. The van der Waals surface area contributed by atoms with E-state index < -0.39 is 0 Å². The van der Waals surface area contributed by atoms with E-state index in [4.69, 9.17) is 10.5 Å². The Morgan fingerprint density at radius 1 is 1.38 bits per heavy atom. The van der Waals surface area contributed by atoms with Crippen LogP contribution in [-0.2, 0) is 4.74 Å². The predicted molar refractivity (Wildman–Crippen MR) is 66.4 cm³/mol. The lowest BCUT2D eigenvalue weighted by Crippen LogP contribution is -2.59. The fourth-order valence-electron chi connectivity index (χ4n) is 3.80. The zero-order valence-corrected chi connectivity index (χ0v) is 11.0. The summed E-state index contributed by atoms with van der Waals surface area (Å²) in [5.74, 6) is 0. The maximum atomic E-state index is 6.13. The van der Waals surface area contributed by atoms with Crippen molar-refractivity contribution in [1.82, 2.24) is 4.90 Å². The fourth-order valence-corrected chi connectivity index (χ4v) is 3.80. The number of ether oxygens (including phenoxy) is 1.